The Morgan fingerprint density at radius 2 is 1.74 bits per heavy atom. The summed E-state index contributed by atoms with van der Waals surface area (Å²) in [4.78, 5) is 14.2. The summed E-state index contributed by atoms with van der Waals surface area (Å²) in [7, 11) is 0. The molecule has 0 atom stereocenters. The zero-order valence-electron chi connectivity index (χ0n) is 11.8. The van der Waals surface area contributed by atoms with E-state index in [4.69, 9.17) is 0 Å². The molecular weight excluding hydrogens is 254 g/mol. The van der Waals surface area contributed by atoms with Crippen molar-refractivity contribution in [1.82, 2.24) is 0 Å². The summed E-state index contributed by atoms with van der Waals surface area (Å²) in [6.45, 7) is 8.25. The molecule has 0 fully saturated rings. The van der Waals surface area contributed by atoms with E-state index in [1.165, 1.54) is 10.4 Å². The van der Waals surface area contributed by atoms with Crippen molar-refractivity contribution in [3.05, 3.63) is 50.7 Å². The number of thiophene rings is 1. The zero-order chi connectivity index (χ0) is 14.0. The van der Waals surface area contributed by atoms with Crippen LogP contribution < -0.4 is 5.32 Å². The first-order chi connectivity index (χ1) is 8.99. The first kappa shape index (κ1) is 13.8. The smallest absolute Gasteiger partial charge is 0.265 e. The Kier molecular flexibility index (Phi) is 4.05. The Morgan fingerprint density at radius 3 is 2.26 bits per heavy atom. The van der Waals surface area contributed by atoms with Gasteiger partial charge in [0.1, 0.15) is 0 Å². The van der Waals surface area contributed by atoms with Crippen LogP contribution in [-0.4, -0.2) is 5.91 Å². The standard InChI is InChI=1S/C16H19NOS/c1-5-13-9-15(19-12(13)4)16(18)17-14-7-10(2)6-11(3)8-14/h6-9H,5H2,1-4H3,(H,17,18). The molecular formula is C16H19NOS. The van der Waals surface area contributed by atoms with Gasteiger partial charge < -0.3 is 5.32 Å². The topological polar surface area (TPSA) is 29.1 Å². The van der Waals surface area contributed by atoms with Gasteiger partial charge in [-0.1, -0.05) is 13.0 Å². The van der Waals surface area contributed by atoms with Crippen molar-refractivity contribution in [3.8, 4) is 0 Å². The number of rotatable bonds is 3. The molecule has 0 spiro atoms. The molecule has 19 heavy (non-hydrogen) atoms. The highest BCUT2D eigenvalue weighted by Gasteiger charge is 2.12. The summed E-state index contributed by atoms with van der Waals surface area (Å²) < 4.78 is 0. The molecule has 2 nitrogen and oxygen atoms in total. The molecule has 1 N–H and O–H groups in total. The van der Waals surface area contributed by atoms with Crippen LogP contribution in [0.2, 0.25) is 0 Å². The van der Waals surface area contributed by atoms with Gasteiger partial charge in [0.25, 0.3) is 5.91 Å². The second-order valence-electron chi connectivity index (χ2n) is 4.88. The maximum atomic E-state index is 12.2. The second-order valence-corrected chi connectivity index (χ2v) is 6.13. The van der Waals surface area contributed by atoms with Crippen LogP contribution in [0.1, 0.15) is 38.2 Å². The molecule has 0 aliphatic carbocycles. The summed E-state index contributed by atoms with van der Waals surface area (Å²) in [5, 5.41) is 2.98. The normalized spacial score (nSPS) is 10.5. The van der Waals surface area contributed by atoms with Crippen molar-refractivity contribution < 1.29 is 4.79 Å². The third-order valence-corrected chi connectivity index (χ3v) is 4.20. The lowest BCUT2D eigenvalue weighted by Gasteiger charge is -2.06. The first-order valence-corrected chi connectivity index (χ1v) is 7.30. The average molecular weight is 273 g/mol. The van der Waals surface area contributed by atoms with Gasteiger partial charge in [0.2, 0.25) is 0 Å². The Balaban J connectivity index is 2.20. The van der Waals surface area contributed by atoms with Crippen LogP contribution in [0.3, 0.4) is 0 Å². The largest absolute Gasteiger partial charge is 0.321 e. The van der Waals surface area contributed by atoms with Gasteiger partial charge in [0.15, 0.2) is 0 Å². The Hall–Kier alpha value is -1.61. The van der Waals surface area contributed by atoms with E-state index in [-0.39, 0.29) is 5.91 Å². The monoisotopic (exact) mass is 273 g/mol. The van der Waals surface area contributed by atoms with Gasteiger partial charge in [-0.25, -0.2) is 0 Å². The van der Waals surface area contributed by atoms with Gasteiger partial charge in [-0.3, -0.25) is 4.79 Å². The molecule has 2 rings (SSSR count). The number of benzene rings is 1. The minimum Gasteiger partial charge on any atom is -0.321 e. The Bertz CT molecular complexity index is 593. The number of carbonyl (C=O) groups excluding carboxylic acids is 1. The van der Waals surface area contributed by atoms with E-state index in [0.29, 0.717) is 0 Å². The fourth-order valence-corrected chi connectivity index (χ4v) is 3.23. The molecule has 2 aromatic rings. The molecule has 0 saturated heterocycles. The summed E-state index contributed by atoms with van der Waals surface area (Å²) in [5.41, 5.74) is 4.45. The van der Waals surface area contributed by atoms with Gasteiger partial charge in [0.05, 0.1) is 4.88 Å². The minimum absolute atomic E-state index is 0.0159. The molecule has 3 heteroatoms. The predicted octanol–water partition coefficient (Wildman–Crippen LogP) is 4.49. The van der Waals surface area contributed by atoms with Crippen molar-refractivity contribution in [3.63, 3.8) is 0 Å². The van der Waals surface area contributed by atoms with Crippen molar-refractivity contribution in [2.24, 2.45) is 0 Å². The molecule has 0 radical (unpaired) electrons. The fourth-order valence-electron chi connectivity index (χ4n) is 2.22. The molecule has 100 valence electrons. The average Bonchev–Trinajstić information content (AvgIpc) is 2.69. The van der Waals surface area contributed by atoms with Crippen molar-refractivity contribution in [1.29, 1.82) is 0 Å². The van der Waals surface area contributed by atoms with E-state index >= 15 is 0 Å². The van der Waals surface area contributed by atoms with Crippen LogP contribution >= 0.6 is 11.3 Å². The summed E-state index contributed by atoms with van der Waals surface area (Å²) in [5.74, 6) is -0.0159. The van der Waals surface area contributed by atoms with E-state index in [0.717, 1.165) is 28.1 Å². The van der Waals surface area contributed by atoms with Crippen LogP contribution in [0.4, 0.5) is 5.69 Å². The highest BCUT2D eigenvalue weighted by atomic mass is 32.1. The molecule has 0 saturated carbocycles. The lowest BCUT2D eigenvalue weighted by molar-refractivity contribution is 0.103. The maximum absolute atomic E-state index is 12.2. The van der Waals surface area contributed by atoms with E-state index in [1.54, 1.807) is 11.3 Å². The molecule has 1 aromatic heterocycles. The Morgan fingerprint density at radius 1 is 1.11 bits per heavy atom. The summed E-state index contributed by atoms with van der Waals surface area (Å²) in [6.07, 6.45) is 0.971. The quantitative estimate of drug-likeness (QED) is 0.877. The molecule has 1 aromatic carbocycles. The van der Waals surface area contributed by atoms with E-state index in [1.807, 2.05) is 32.0 Å². The van der Waals surface area contributed by atoms with E-state index < -0.39 is 0 Å². The summed E-state index contributed by atoms with van der Waals surface area (Å²) in [6, 6.07) is 8.08. The number of amides is 1. The molecule has 0 bridgehead atoms. The highest BCUT2D eigenvalue weighted by molar-refractivity contribution is 7.14. The van der Waals surface area contributed by atoms with Gasteiger partial charge >= 0.3 is 0 Å². The highest BCUT2D eigenvalue weighted by Crippen LogP contribution is 2.23. The third-order valence-electron chi connectivity index (χ3n) is 3.10. The van der Waals surface area contributed by atoms with Gasteiger partial charge in [0, 0.05) is 10.6 Å². The van der Waals surface area contributed by atoms with Gasteiger partial charge in [-0.2, -0.15) is 0 Å². The van der Waals surface area contributed by atoms with E-state index in [2.05, 4.69) is 25.2 Å². The van der Waals surface area contributed by atoms with Crippen LogP contribution in [0, 0.1) is 20.8 Å². The minimum atomic E-state index is -0.0159. The maximum Gasteiger partial charge on any atom is 0.265 e. The molecule has 0 aliphatic rings. The lowest BCUT2D eigenvalue weighted by Crippen LogP contribution is -2.10. The summed E-state index contributed by atoms with van der Waals surface area (Å²) >= 11 is 1.56. The van der Waals surface area contributed by atoms with Crippen molar-refractivity contribution in [2.45, 2.75) is 34.1 Å². The second kappa shape index (κ2) is 5.57. The number of hydrogen-bond acceptors (Lipinski definition) is 2. The molecule has 1 amide bonds. The molecule has 1 heterocycles. The fraction of sp³-hybridized carbons (Fsp3) is 0.312. The third kappa shape index (κ3) is 3.24. The first-order valence-electron chi connectivity index (χ1n) is 6.48. The number of nitrogens with one attached hydrogen (secondary N) is 1. The van der Waals surface area contributed by atoms with Gasteiger partial charge in [-0.05, 0) is 62.1 Å². The number of carbonyl (C=O) groups is 1. The predicted molar refractivity (Wildman–Crippen MR) is 82.3 cm³/mol. The number of hydrogen-bond donors (Lipinski definition) is 1. The van der Waals surface area contributed by atoms with Gasteiger partial charge in [-0.15, -0.1) is 11.3 Å². The zero-order valence-corrected chi connectivity index (χ0v) is 12.6. The van der Waals surface area contributed by atoms with Crippen LogP contribution in [0.15, 0.2) is 24.3 Å². The molecule has 0 aliphatic heterocycles. The van der Waals surface area contributed by atoms with Crippen LogP contribution in [0.25, 0.3) is 0 Å². The molecule has 0 unspecified atom stereocenters. The number of aryl methyl sites for hydroxylation is 4. The lowest BCUT2D eigenvalue weighted by atomic mass is 10.1. The van der Waals surface area contributed by atoms with E-state index in [9.17, 15) is 4.79 Å². The van der Waals surface area contributed by atoms with Crippen LogP contribution in [-0.2, 0) is 6.42 Å². The SMILES string of the molecule is CCc1cc(C(=O)Nc2cc(C)cc(C)c2)sc1C. The van der Waals surface area contributed by atoms with Crippen molar-refractivity contribution >= 4 is 22.9 Å². The Labute approximate surface area is 118 Å². The van der Waals surface area contributed by atoms with Crippen LogP contribution in [0.5, 0.6) is 0 Å². The van der Waals surface area contributed by atoms with Crippen molar-refractivity contribution in [2.75, 3.05) is 5.32 Å². The number of anilines is 1.